The molecule has 3 saturated heterocycles. The van der Waals surface area contributed by atoms with Crippen LogP contribution in [0.4, 0.5) is 0 Å². The number of nitrogens with zero attached hydrogens (tertiary/aromatic N) is 1. The molecule has 6 heteroatoms. The van der Waals surface area contributed by atoms with Gasteiger partial charge in [0.25, 0.3) is 0 Å². The topological polar surface area (TPSA) is 83.9 Å². The van der Waals surface area contributed by atoms with Crippen molar-refractivity contribution < 1.29 is 24.2 Å². The molecule has 0 radical (unpaired) electrons. The molecule has 3 aliphatic heterocycles. The zero-order valence-electron chi connectivity index (χ0n) is 9.33. The molecule has 0 aromatic heterocycles. The number of ether oxygens (including phenoxy) is 1. The molecule has 2 bridgehead atoms. The van der Waals surface area contributed by atoms with Gasteiger partial charge in [-0.1, -0.05) is 0 Å². The van der Waals surface area contributed by atoms with Crippen LogP contribution in [0.1, 0.15) is 19.8 Å². The third-order valence-electron chi connectivity index (χ3n) is 4.06. The Labute approximate surface area is 97.5 Å². The lowest BCUT2D eigenvalue weighted by molar-refractivity contribution is -0.155. The van der Waals surface area contributed by atoms with Crippen LogP contribution in [0.5, 0.6) is 0 Å². The number of hydrogen-bond acceptors (Lipinski definition) is 4. The number of carbonyl (C=O) groups excluding carboxylic acids is 2. The van der Waals surface area contributed by atoms with Crippen LogP contribution in [0.3, 0.4) is 0 Å². The van der Waals surface area contributed by atoms with Crippen molar-refractivity contribution in [3.05, 3.63) is 0 Å². The van der Waals surface area contributed by atoms with Gasteiger partial charge in [0, 0.05) is 0 Å². The van der Waals surface area contributed by atoms with E-state index in [4.69, 9.17) is 9.84 Å². The largest absolute Gasteiger partial charge is 0.480 e. The summed E-state index contributed by atoms with van der Waals surface area (Å²) in [6.45, 7) is 1.36. The van der Waals surface area contributed by atoms with Gasteiger partial charge in [-0.15, -0.1) is 0 Å². The first-order chi connectivity index (χ1) is 8.02. The van der Waals surface area contributed by atoms with E-state index in [0.717, 1.165) is 17.7 Å². The minimum atomic E-state index is -1.15. The Morgan fingerprint density at radius 3 is 2.18 bits per heavy atom. The maximum absolute atomic E-state index is 12.1. The molecule has 0 aromatic carbocycles. The van der Waals surface area contributed by atoms with E-state index < -0.39 is 23.8 Å². The zero-order valence-corrected chi connectivity index (χ0v) is 9.33. The molecule has 5 atom stereocenters. The summed E-state index contributed by atoms with van der Waals surface area (Å²) in [5.74, 6) is -2.78. The van der Waals surface area contributed by atoms with Gasteiger partial charge in [-0.25, -0.2) is 4.79 Å². The molecule has 6 nitrogen and oxygen atoms in total. The summed E-state index contributed by atoms with van der Waals surface area (Å²) in [4.78, 5) is 36.0. The zero-order chi connectivity index (χ0) is 12.3. The Bertz CT molecular complexity index is 392. The van der Waals surface area contributed by atoms with Crippen molar-refractivity contribution in [1.82, 2.24) is 4.90 Å². The second-order valence-electron chi connectivity index (χ2n) is 4.90. The maximum Gasteiger partial charge on any atom is 0.326 e. The van der Waals surface area contributed by atoms with Crippen LogP contribution >= 0.6 is 0 Å². The third-order valence-corrected chi connectivity index (χ3v) is 4.06. The lowest BCUT2D eigenvalue weighted by atomic mass is 9.81. The summed E-state index contributed by atoms with van der Waals surface area (Å²) in [7, 11) is 0. The van der Waals surface area contributed by atoms with Crippen LogP contribution in [0.25, 0.3) is 0 Å². The number of hydrogen-bond donors (Lipinski definition) is 1. The van der Waals surface area contributed by atoms with Gasteiger partial charge < -0.3 is 9.84 Å². The average molecular weight is 239 g/mol. The fraction of sp³-hybridized carbons (Fsp3) is 0.727. The number of amides is 2. The van der Waals surface area contributed by atoms with E-state index in [9.17, 15) is 14.4 Å². The number of carboxylic acid groups (broad SMARTS) is 1. The number of fused-ring (bicyclic) bond motifs is 5. The molecule has 3 unspecified atom stereocenters. The van der Waals surface area contributed by atoms with Crippen LogP contribution in [0.2, 0.25) is 0 Å². The average Bonchev–Trinajstić information content (AvgIpc) is 2.92. The first kappa shape index (κ1) is 10.7. The molecule has 0 spiro atoms. The van der Waals surface area contributed by atoms with Crippen molar-refractivity contribution in [2.75, 3.05) is 0 Å². The summed E-state index contributed by atoms with van der Waals surface area (Å²) < 4.78 is 5.55. The first-order valence-electron chi connectivity index (χ1n) is 5.77. The lowest BCUT2D eigenvalue weighted by Crippen LogP contribution is -2.45. The molecule has 2 amide bonds. The minimum absolute atomic E-state index is 0.188. The van der Waals surface area contributed by atoms with E-state index in [0.29, 0.717) is 0 Å². The van der Waals surface area contributed by atoms with E-state index in [2.05, 4.69) is 0 Å². The highest BCUT2D eigenvalue weighted by atomic mass is 16.5. The van der Waals surface area contributed by atoms with Gasteiger partial charge in [-0.05, 0) is 19.8 Å². The lowest BCUT2D eigenvalue weighted by Gasteiger charge is -2.21. The first-order valence-corrected chi connectivity index (χ1v) is 5.77. The monoisotopic (exact) mass is 239 g/mol. The standard InChI is InChI=1S/C11H13NO5/c1-4(11(15)16)12-9(13)7-5-2-3-6(17-5)8(7)10(12)14/h4-8H,2-3H2,1H3,(H,15,16)/t4?,5-,6+,7?,8?. The molecular weight excluding hydrogens is 226 g/mol. The molecule has 92 valence electrons. The second-order valence-corrected chi connectivity index (χ2v) is 4.90. The Balaban J connectivity index is 1.93. The number of aliphatic carboxylic acids is 1. The highest BCUT2D eigenvalue weighted by Gasteiger charge is 2.63. The van der Waals surface area contributed by atoms with Crippen molar-refractivity contribution in [2.24, 2.45) is 11.8 Å². The van der Waals surface area contributed by atoms with Crippen LogP contribution in [-0.4, -0.2) is 46.0 Å². The predicted molar refractivity (Wildman–Crippen MR) is 53.8 cm³/mol. The number of carboxylic acids is 1. The third kappa shape index (κ3) is 1.21. The van der Waals surface area contributed by atoms with Gasteiger partial charge in [0.1, 0.15) is 6.04 Å². The van der Waals surface area contributed by atoms with E-state index >= 15 is 0 Å². The molecule has 0 aliphatic carbocycles. The van der Waals surface area contributed by atoms with Gasteiger partial charge in [0.05, 0.1) is 24.0 Å². The fourth-order valence-electron chi connectivity index (χ4n) is 3.23. The van der Waals surface area contributed by atoms with E-state index in [1.165, 1.54) is 6.92 Å². The van der Waals surface area contributed by atoms with Crippen LogP contribution in [-0.2, 0) is 19.1 Å². The summed E-state index contributed by atoms with van der Waals surface area (Å²) in [6.07, 6.45) is 1.21. The highest BCUT2D eigenvalue weighted by Crippen LogP contribution is 2.48. The molecule has 17 heavy (non-hydrogen) atoms. The molecule has 3 rings (SSSR count). The predicted octanol–water partition coefficient (Wildman–Crippen LogP) is -0.378. The molecule has 3 fully saturated rings. The molecule has 0 aromatic rings. The van der Waals surface area contributed by atoms with Crippen molar-refractivity contribution in [3.8, 4) is 0 Å². The van der Waals surface area contributed by atoms with Crippen LogP contribution < -0.4 is 0 Å². The molecule has 1 N–H and O–H groups in total. The Morgan fingerprint density at radius 2 is 1.76 bits per heavy atom. The number of carbonyl (C=O) groups is 3. The van der Waals surface area contributed by atoms with Crippen molar-refractivity contribution in [3.63, 3.8) is 0 Å². The van der Waals surface area contributed by atoms with Crippen molar-refractivity contribution in [2.45, 2.75) is 38.0 Å². The van der Waals surface area contributed by atoms with Gasteiger partial charge in [-0.3, -0.25) is 14.5 Å². The number of imide groups is 1. The van der Waals surface area contributed by atoms with Crippen LogP contribution in [0.15, 0.2) is 0 Å². The molecule has 0 saturated carbocycles. The molecule has 3 aliphatic rings. The minimum Gasteiger partial charge on any atom is -0.480 e. The van der Waals surface area contributed by atoms with Crippen molar-refractivity contribution >= 4 is 17.8 Å². The van der Waals surface area contributed by atoms with Crippen molar-refractivity contribution in [1.29, 1.82) is 0 Å². The van der Waals surface area contributed by atoms with E-state index in [-0.39, 0.29) is 24.0 Å². The SMILES string of the molecule is CC(C(=O)O)N1C(=O)C2C(C1=O)[C@H]1CC[C@@H]2O1. The Hall–Kier alpha value is -1.43. The summed E-state index contributed by atoms with van der Waals surface area (Å²) >= 11 is 0. The highest BCUT2D eigenvalue weighted by molar-refractivity contribution is 6.08. The quantitative estimate of drug-likeness (QED) is 0.664. The Morgan fingerprint density at radius 1 is 1.29 bits per heavy atom. The normalized spacial score (nSPS) is 40.9. The number of likely N-dealkylation sites (tertiary alicyclic amines) is 1. The van der Waals surface area contributed by atoms with E-state index in [1.54, 1.807) is 0 Å². The fourth-order valence-corrected chi connectivity index (χ4v) is 3.23. The summed E-state index contributed by atoms with van der Waals surface area (Å²) in [5.41, 5.74) is 0. The van der Waals surface area contributed by atoms with Gasteiger partial charge >= 0.3 is 5.97 Å². The van der Waals surface area contributed by atoms with E-state index in [1.807, 2.05) is 0 Å². The van der Waals surface area contributed by atoms with Gasteiger partial charge in [-0.2, -0.15) is 0 Å². The Kier molecular flexibility index (Phi) is 2.07. The maximum atomic E-state index is 12.1. The van der Waals surface area contributed by atoms with Gasteiger partial charge in [0.15, 0.2) is 0 Å². The molecule has 3 heterocycles. The smallest absolute Gasteiger partial charge is 0.326 e. The summed E-state index contributed by atoms with van der Waals surface area (Å²) in [5, 5.41) is 8.91. The van der Waals surface area contributed by atoms with Gasteiger partial charge in [0.2, 0.25) is 11.8 Å². The molecular formula is C11H13NO5. The van der Waals surface area contributed by atoms with Crippen LogP contribution in [0, 0.1) is 11.8 Å². The summed E-state index contributed by atoms with van der Waals surface area (Å²) in [6, 6.07) is -1.08. The second kappa shape index (κ2) is 3.29. The number of rotatable bonds is 2.